The van der Waals surface area contributed by atoms with Gasteiger partial charge in [0.15, 0.2) is 0 Å². The molecule has 0 bridgehead atoms. The lowest BCUT2D eigenvalue weighted by molar-refractivity contribution is 0.0697. The first-order valence-corrected chi connectivity index (χ1v) is 12.0. The van der Waals surface area contributed by atoms with E-state index < -0.39 is 10.0 Å². The first-order chi connectivity index (χ1) is 14.8. The Morgan fingerprint density at radius 2 is 1.94 bits per heavy atom. The largest absolute Gasteiger partial charge is 0.495 e. The molecule has 1 aliphatic heterocycles. The van der Waals surface area contributed by atoms with Crippen LogP contribution in [0.4, 0.5) is 5.69 Å². The summed E-state index contributed by atoms with van der Waals surface area (Å²) in [5.74, 6) is 0.738. The number of likely N-dealkylation sites (tertiary alicyclic amines) is 1. The summed E-state index contributed by atoms with van der Waals surface area (Å²) in [5.41, 5.74) is 0.577. The van der Waals surface area contributed by atoms with Crippen molar-refractivity contribution in [1.82, 2.24) is 4.90 Å². The average Bonchev–Trinajstić information content (AvgIpc) is 2.77. The van der Waals surface area contributed by atoms with E-state index in [9.17, 15) is 13.2 Å². The molecule has 1 aliphatic rings. The van der Waals surface area contributed by atoms with E-state index in [4.69, 9.17) is 16.3 Å². The number of sulfonamides is 1. The number of amides is 1. The number of carbonyl (C=O) groups is 1. The third-order valence-corrected chi connectivity index (χ3v) is 7.58. The fraction of sp³-hybridized carbons (Fsp3) is 0.348. The van der Waals surface area contributed by atoms with Gasteiger partial charge in [-0.15, -0.1) is 6.58 Å². The van der Waals surface area contributed by atoms with E-state index in [0.717, 1.165) is 12.8 Å². The van der Waals surface area contributed by atoms with Crippen molar-refractivity contribution in [1.29, 1.82) is 0 Å². The van der Waals surface area contributed by atoms with Gasteiger partial charge in [0.25, 0.3) is 15.9 Å². The molecule has 8 heteroatoms. The van der Waals surface area contributed by atoms with Crippen LogP contribution in [0.5, 0.6) is 5.75 Å². The van der Waals surface area contributed by atoms with Crippen molar-refractivity contribution < 1.29 is 17.9 Å². The molecule has 1 amide bonds. The topological polar surface area (TPSA) is 66.9 Å². The molecule has 2 aromatic rings. The minimum atomic E-state index is -4.01. The molecule has 0 aromatic heterocycles. The number of hydrogen-bond donors (Lipinski definition) is 0. The number of carbonyl (C=O) groups excluding carboxylic acids is 1. The van der Waals surface area contributed by atoms with Crippen molar-refractivity contribution >= 4 is 33.2 Å². The zero-order valence-corrected chi connectivity index (χ0v) is 19.3. The number of piperidine rings is 1. The van der Waals surface area contributed by atoms with E-state index in [0.29, 0.717) is 30.4 Å². The average molecular weight is 463 g/mol. The number of hydrogen-bond acceptors (Lipinski definition) is 4. The molecule has 0 spiro atoms. The van der Waals surface area contributed by atoms with Crippen LogP contribution in [-0.4, -0.2) is 46.0 Å². The van der Waals surface area contributed by atoms with Crippen molar-refractivity contribution in [3.63, 3.8) is 0 Å². The highest BCUT2D eigenvalue weighted by Gasteiger charge is 2.29. The van der Waals surface area contributed by atoms with E-state index in [1.54, 1.807) is 29.2 Å². The van der Waals surface area contributed by atoms with Gasteiger partial charge >= 0.3 is 0 Å². The van der Waals surface area contributed by atoms with E-state index in [1.165, 1.54) is 35.7 Å². The molecule has 0 atom stereocenters. The number of ether oxygens (including phenoxy) is 1. The Morgan fingerprint density at radius 3 is 2.58 bits per heavy atom. The molecular weight excluding hydrogens is 436 g/mol. The molecule has 2 aromatic carbocycles. The maximum atomic E-state index is 13.6. The lowest BCUT2D eigenvalue weighted by Gasteiger charge is -2.30. The van der Waals surface area contributed by atoms with Crippen molar-refractivity contribution in [3.8, 4) is 5.75 Å². The number of para-hydroxylation sites is 2. The minimum absolute atomic E-state index is 0.0154. The third kappa shape index (κ3) is 4.88. The number of halogens is 1. The highest BCUT2D eigenvalue weighted by atomic mass is 35.5. The van der Waals surface area contributed by atoms with Gasteiger partial charge in [-0.3, -0.25) is 9.10 Å². The van der Waals surface area contributed by atoms with Crippen LogP contribution in [0.1, 0.15) is 30.1 Å². The fourth-order valence-electron chi connectivity index (χ4n) is 3.62. The highest BCUT2D eigenvalue weighted by molar-refractivity contribution is 7.92. The van der Waals surface area contributed by atoms with Gasteiger partial charge in [-0.2, -0.15) is 0 Å². The molecule has 1 heterocycles. The van der Waals surface area contributed by atoms with Gasteiger partial charge < -0.3 is 9.64 Å². The van der Waals surface area contributed by atoms with E-state index in [1.807, 2.05) is 0 Å². The molecule has 166 valence electrons. The lowest BCUT2D eigenvalue weighted by atomic mass is 9.98. The zero-order valence-electron chi connectivity index (χ0n) is 17.8. The Balaban J connectivity index is 2.01. The quantitative estimate of drug-likeness (QED) is 0.564. The zero-order chi connectivity index (χ0) is 22.6. The molecule has 0 aliphatic carbocycles. The van der Waals surface area contributed by atoms with Crippen LogP contribution in [0.25, 0.3) is 0 Å². The Kier molecular flexibility index (Phi) is 7.28. The number of methoxy groups -OCH3 is 1. The Hall–Kier alpha value is -2.51. The van der Waals surface area contributed by atoms with Crippen molar-refractivity contribution in [2.75, 3.05) is 31.0 Å². The summed E-state index contributed by atoms with van der Waals surface area (Å²) in [7, 11) is -2.53. The first kappa shape index (κ1) is 23.2. The summed E-state index contributed by atoms with van der Waals surface area (Å²) < 4.78 is 33.7. The standard InChI is InChI=1S/C23H27ClN2O4S/c1-4-13-26(21-7-5-6-8-22(21)30-3)31(28,29)18-9-10-20(24)19(16-18)23(27)25-14-11-17(2)12-15-25/h4-10,16-17H,1,11-15H2,2-3H3. The van der Waals surface area contributed by atoms with Gasteiger partial charge in [0.2, 0.25) is 0 Å². The Labute approximate surface area is 189 Å². The summed E-state index contributed by atoms with van der Waals surface area (Å²) in [5, 5.41) is 0.232. The second-order valence-electron chi connectivity index (χ2n) is 7.61. The molecule has 3 rings (SSSR count). The highest BCUT2D eigenvalue weighted by Crippen LogP contribution is 2.33. The van der Waals surface area contributed by atoms with Crippen molar-refractivity contribution in [2.24, 2.45) is 5.92 Å². The van der Waals surface area contributed by atoms with Crippen LogP contribution in [0.15, 0.2) is 60.0 Å². The number of nitrogens with zero attached hydrogens (tertiary/aromatic N) is 2. The summed E-state index contributed by atoms with van der Waals surface area (Å²) in [6.45, 7) is 7.16. The molecule has 1 fully saturated rings. The monoisotopic (exact) mass is 462 g/mol. The normalized spacial score (nSPS) is 14.9. The molecule has 0 saturated carbocycles. The van der Waals surface area contributed by atoms with Crippen LogP contribution >= 0.6 is 11.6 Å². The van der Waals surface area contributed by atoms with Gasteiger partial charge in [-0.25, -0.2) is 8.42 Å². The molecule has 0 N–H and O–H groups in total. The predicted octanol–water partition coefficient (Wildman–Crippen LogP) is 4.60. The fourth-order valence-corrected chi connectivity index (χ4v) is 5.29. The smallest absolute Gasteiger partial charge is 0.264 e. The minimum Gasteiger partial charge on any atom is -0.495 e. The molecule has 1 saturated heterocycles. The van der Waals surface area contributed by atoms with Crippen LogP contribution in [0.3, 0.4) is 0 Å². The second-order valence-corrected chi connectivity index (χ2v) is 9.88. The molecular formula is C23H27ClN2O4S. The predicted molar refractivity (Wildman–Crippen MR) is 123 cm³/mol. The van der Waals surface area contributed by atoms with Gasteiger partial charge in [0, 0.05) is 13.1 Å². The SMILES string of the molecule is C=CCN(c1ccccc1OC)S(=O)(=O)c1ccc(Cl)c(C(=O)N2CCC(C)CC2)c1. The van der Waals surface area contributed by atoms with Gasteiger partial charge in [0.05, 0.1) is 34.8 Å². The van der Waals surface area contributed by atoms with Crippen molar-refractivity contribution in [3.05, 3.63) is 65.7 Å². The van der Waals surface area contributed by atoms with E-state index in [-0.39, 0.29) is 27.9 Å². The number of benzene rings is 2. The maximum Gasteiger partial charge on any atom is 0.264 e. The maximum absolute atomic E-state index is 13.6. The molecule has 0 radical (unpaired) electrons. The second kappa shape index (κ2) is 9.75. The lowest BCUT2D eigenvalue weighted by Crippen LogP contribution is -2.38. The number of rotatable bonds is 7. The van der Waals surface area contributed by atoms with Gasteiger partial charge in [0.1, 0.15) is 5.75 Å². The van der Waals surface area contributed by atoms with Crippen LogP contribution in [0, 0.1) is 5.92 Å². The summed E-state index contributed by atoms with van der Waals surface area (Å²) in [4.78, 5) is 14.8. The third-order valence-electron chi connectivity index (χ3n) is 5.48. The Morgan fingerprint density at radius 1 is 1.26 bits per heavy atom. The van der Waals surface area contributed by atoms with Gasteiger partial charge in [-0.05, 0) is 49.1 Å². The summed E-state index contributed by atoms with van der Waals surface area (Å²) in [6, 6.07) is 11.1. The Bertz CT molecular complexity index is 1060. The summed E-state index contributed by atoms with van der Waals surface area (Å²) in [6.07, 6.45) is 3.34. The van der Waals surface area contributed by atoms with Crippen LogP contribution in [0.2, 0.25) is 5.02 Å². The molecule has 31 heavy (non-hydrogen) atoms. The van der Waals surface area contributed by atoms with Crippen molar-refractivity contribution in [2.45, 2.75) is 24.7 Å². The van der Waals surface area contributed by atoms with Crippen LogP contribution in [-0.2, 0) is 10.0 Å². The first-order valence-electron chi connectivity index (χ1n) is 10.1. The summed E-state index contributed by atoms with van der Waals surface area (Å²) >= 11 is 6.30. The van der Waals surface area contributed by atoms with E-state index >= 15 is 0 Å². The van der Waals surface area contributed by atoms with Gasteiger partial charge in [-0.1, -0.05) is 36.7 Å². The van der Waals surface area contributed by atoms with E-state index in [2.05, 4.69) is 13.5 Å². The number of anilines is 1. The molecule has 6 nitrogen and oxygen atoms in total. The molecule has 0 unspecified atom stereocenters. The van der Waals surface area contributed by atoms with Crippen LogP contribution < -0.4 is 9.04 Å².